The Balaban J connectivity index is 1.60. The zero-order valence-electron chi connectivity index (χ0n) is 16.8. The Kier molecular flexibility index (Phi) is 7.41. The molecule has 6 nitrogen and oxygen atoms in total. The molecule has 156 valence electrons. The Labute approximate surface area is 172 Å². The average molecular weight is 417 g/mol. The number of sulfonamides is 1. The number of hydrogen-bond acceptors (Lipinski definition) is 5. The maximum atomic E-state index is 12.5. The number of carbonyl (C=O) groups is 1. The van der Waals surface area contributed by atoms with Crippen LogP contribution in [0.25, 0.3) is 0 Å². The average Bonchev–Trinajstić information content (AvgIpc) is 2.73. The van der Waals surface area contributed by atoms with E-state index in [0.29, 0.717) is 11.1 Å². The van der Waals surface area contributed by atoms with Crippen LogP contribution in [0.1, 0.15) is 46.3 Å². The van der Waals surface area contributed by atoms with Gasteiger partial charge in [-0.05, 0) is 54.8 Å². The molecule has 1 fully saturated rings. The fraction of sp³-hybridized carbons (Fsp3) is 0.409. The standard InChI is InChI=1S/C22H28N2O4S/c1-28-22(25)19-11-9-18(10-12-19)17-29(26,27)23-15-20-7-3-4-8-21(20)16-24-13-5-2-6-14-24/h3-4,7-12,23H,2,5-6,13-17H2,1H3. The summed E-state index contributed by atoms with van der Waals surface area (Å²) in [5.41, 5.74) is 3.18. The van der Waals surface area contributed by atoms with E-state index in [0.717, 1.165) is 25.2 Å². The summed E-state index contributed by atoms with van der Waals surface area (Å²) in [6, 6.07) is 14.4. The van der Waals surface area contributed by atoms with E-state index in [1.807, 2.05) is 18.2 Å². The van der Waals surface area contributed by atoms with Gasteiger partial charge in [-0.25, -0.2) is 17.9 Å². The predicted molar refractivity (Wildman–Crippen MR) is 113 cm³/mol. The van der Waals surface area contributed by atoms with Crippen LogP contribution in [0.15, 0.2) is 48.5 Å². The molecule has 0 aliphatic carbocycles. The van der Waals surface area contributed by atoms with Gasteiger partial charge in [-0.1, -0.05) is 42.8 Å². The molecule has 1 aliphatic heterocycles. The molecule has 0 amide bonds. The first-order valence-corrected chi connectivity index (χ1v) is 11.6. The summed E-state index contributed by atoms with van der Waals surface area (Å²) < 4.78 is 32.4. The lowest BCUT2D eigenvalue weighted by Crippen LogP contribution is -2.30. The van der Waals surface area contributed by atoms with Gasteiger partial charge < -0.3 is 4.74 Å². The van der Waals surface area contributed by atoms with Crippen LogP contribution in [0.3, 0.4) is 0 Å². The van der Waals surface area contributed by atoms with E-state index < -0.39 is 16.0 Å². The van der Waals surface area contributed by atoms with Crippen molar-refractivity contribution in [3.05, 3.63) is 70.8 Å². The molecule has 0 bridgehead atoms. The summed E-state index contributed by atoms with van der Waals surface area (Å²) in [6.07, 6.45) is 3.74. The topological polar surface area (TPSA) is 75.7 Å². The number of hydrogen-bond donors (Lipinski definition) is 1. The zero-order valence-corrected chi connectivity index (χ0v) is 17.6. The minimum Gasteiger partial charge on any atom is -0.465 e. The van der Waals surface area contributed by atoms with Gasteiger partial charge in [-0.3, -0.25) is 4.90 Å². The fourth-order valence-corrected chi connectivity index (χ4v) is 4.66. The molecule has 29 heavy (non-hydrogen) atoms. The van der Waals surface area contributed by atoms with Crippen LogP contribution in [-0.2, 0) is 33.6 Å². The van der Waals surface area contributed by atoms with Gasteiger partial charge >= 0.3 is 5.97 Å². The number of piperidine rings is 1. The van der Waals surface area contributed by atoms with E-state index in [9.17, 15) is 13.2 Å². The van der Waals surface area contributed by atoms with Crippen molar-refractivity contribution in [2.24, 2.45) is 0 Å². The molecule has 0 unspecified atom stereocenters. The van der Waals surface area contributed by atoms with Crippen molar-refractivity contribution in [1.29, 1.82) is 0 Å². The molecule has 1 aliphatic rings. The van der Waals surface area contributed by atoms with Crippen LogP contribution in [0.2, 0.25) is 0 Å². The molecule has 0 saturated carbocycles. The minimum atomic E-state index is -3.50. The van der Waals surface area contributed by atoms with Gasteiger partial charge in [0.1, 0.15) is 0 Å². The molecule has 7 heteroatoms. The Bertz CT molecular complexity index is 920. The summed E-state index contributed by atoms with van der Waals surface area (Å²) in [4.78, 5) is 13.9. The molecule has 1 N–H and O–H groups in total. The molecule has 2 aromatic carbocycles. The summed E-state index contributed by atoms with van der Waals surface area (Å²) >= 11 is 0. The number of ether oxygens (including phenoxy) is 1. The van der Waals surface area contributed by atoms with Crippen LogP contribution in [0.5, 0.6) is 0 Å². The molecule has 3 rings (SSSR count). The number of nitrogens with one attached hydrogen (secondary N) is 1. The lowest BCUT2D eigenvalue weighted by Gasteiger charge is -2.27. The Morgan fingerprint density at radius 2 is 1.66 bits per heavy atom. The normalized spacial score (nSPS) is 15.2. The lowest BCUT2D eigenvalue weighted by atomic mass is 10.1. The van der Waals surface area contributed by atoms with Crippen LogP contribution in [-0.4, -0.2) is 39.5 Å². The second kappa shape index (κ2) is 10.0. The Morgan fingerprint density at radius 1 is 1.00 bits per heavy atom. The van der Waals surface area contributed by atoms with Gasteiger partial charge in [0, 0.05) is 13.1 Å². The predicted octanol–water partition coefficient (Wildman–Crippen LogP) is 3.08. The molecular formula is C22H28N2O4S. The minimum absolute atomic E-state index is 0.136. The van der Waals surface area contributed by atoms with Crippen molar-refractivity contribution in [2.45, 2.75) is 38.1 Å². The largest absolute Gasteiger partial charge is 0.465 e. The monoisotopic (exact) mass is 416 g/mol. The lowest BCUT2D eigenvalue weighted by molar-refractivity contribution is 0.0600. The van der Waals surface area contributed by atoms with Gasteiger partial charge in [0.2, 0.25) is 10.0 Å². The second-order valence-electron chi connectivity index (χ2n) is 7.37. The highest BCUT2D eigenvalue weighted by Crippen LogP contribution is 2.17. The van der Waals surface area contributed by atoms with Crippen molar-refractivity contribution in [1.82, 2.24) is 9.62 Å². The first-order chi connectivity index (χ1) is 14.0. The van der Waals surface area contributed by atoms with Crippen LogP contribution < -0.4 is 4.72 Å². The molecule has 1 heterocycles. The number of esters is 1. The molecule has 1 saturated heterocycles. The molecular weight excluding hydrogens is 388 g/mol. The zero-order chi connectivity index (χ0) is 20.7. The fourth-order valence-electron chi connectivity index (χ4n) is 3.56. The summed E-state index contributed by atoms with van der Waals surface area (Å²) in [5.74, 6) is -0.578. The molecule has 0 spiro atoms. The van der Waals surface area contributed by atoms with E-state index >= 15 is 0 Å². The van der Waals surface area contributed by atoms with Crippen molar-refractivity contribution >= 4 is 16.0 Å². The maximum absolute atomic E-state index is 12.5. The highest BCUT2D eigenvalue weighted by Gasteiger charge is 2.15. The molecule has 0 radical (unpaired) electrons. The number of likely N-dealkylation sites (tertiary alicyclic amines) is 1. The van der Waals surface area contributed by atoms with E-state index in [-0.39, 0.29) is 12.3 Å². The van der Waals surface area contributed by atoms with Crippen LogP contribution in [0, 0.1) is 0 Å². The first-order valence-electron chi connectivity index (χ1n) is 9.90. The van der Waals surface area contributed by atoms with Gasteiger partial charge in [0.25, 0.3) is 0 Å². The number of carbonyl (C=O) groups excluding carboxylic acids is 1. The van der Waals surface area contributed by atoms with Crippen molar-refractivity contribution in [3.8, 4) is 0 Å². The van der Waals surface area contributed by atoms with Crippen LogP contribution in [0.4, 0.5) is 0 Å². The van der Waals surface area contributed by atoms with Crippen molar-refractivity contribution in [3.63, 3.8) is 0 Å². The summed E-state index contributed by atoms with van der Waals surface area (Å²) in [6.45, 7) is 3.32. The van der Waals surface area contributed by atoms with Gasteiger partial charge in [-0.15, -0.1) is 0 Å². The molecule has 0 atom stereocenters. The highest BCUT2D eigenvalue weighted by atomic mass is 32.2. The SMILES string of the molecule is COC(=O)c1ccc(CS(=O)(=O)NCc2ccccc2CN2CCCCC2)cc1. The van der Waals surface area contributed by atoms with Gasteiger partial charge in [0.05, 0.1) is 18.4 Å². The van der Waals surface area contributed by atoms with E-state index in [4.69, 9.17) is 0 Å². The van der Waals surface area contributed by atoms with E-state index in [1.165, 1.54) is 31.9 Å². The maximum Gasteiger partial charge on any atom is 0.337 e. The second-order valence-corrected chi connectivity index (χ2v) is 9.18. The number of methoxy groups -OCH3 is 1. The van der Waals surface area contributed by atoms with Crippen molar-refractivity contribution < 1.29 is 17.9 Å². The third kappa shape index (κ3) is 6.39. The Hall–Kier alpha value is -2.22. The molecule has 0 aromatic heterocycles. The highest BCUT2D eigenvalue weighted by molar-refractivity contribution is 7.88. The third-order valence-corrected chi connectivity index (χ3v) is 6.47. The van der Waals surface area contributed by atoms with E-state index in [2.05, 4.69) is 20.4 Å². The smallest absolute Gasteiger partial charge is 0.337 e. The van der Waals surface area contributed by atoms with E-state index in [1.54, 1.807) is 24.3 Å². The number of rotatable bonds is 8. The van der Waals surface area contributed by atoms with Gasteiger partial charge in [-0.2, -0.15) is 0 Å². The van der Waals surface area contributed by atoms with Gasteiger partial charge in [0.15, 0.2) is 0 Å². The van der Waals surface area contributed by atoms with Crippen LogP contribution >= 0.6 is 0 Å². The first kappa shape index (κ1) is 21.5. The Morgan fingerprint density at radius 3 is 2.31 bits per heavy atom. The summed E-state index contributed by atoms with van der Waals surface area (Å²) in [7, 11) is -2.19. The third-order valence-electron chi connectivity index (χ3n) is 5.18. The number of benzene rings is 2. The number of nitrogens with zero attached hydrogens (tertiary/aromatic N) is 1. The van der Waals surface area contributed by atoms with Crippen molar-refractivity contribution in [2.75, 3.05) is 20.2 Å². The summed E-state index contributed by atoms with van der Waals surface area (Å²) in [5, 5.41) is 0. The quantitative estimate of drug-likeness (QED) is 0.670. The molecule has 2 aromatic rings.